The summed E-state index contributed by atoms with van der Waals surface area (Å²) in [6.45, 7) is 1.64. The second kappa shape index (κ2) is 3.75. The number of hydrogen-bond acceptors (Lipinski definition) is 3. The maximum absolute atomic E-state index is 11.0. The van der Waals surface area contributed by atoms with Crippen LogP contribution >= 0.6 is 0 Å². The molecule has 0 aliphatic carbocycles. The second-order valence-corrected chi connectivity index (χ2v) is 2.44. The van der Waals surface area contributed by atoms with Gasteiger partial charge in [0.15, 0.2) is 0 Å². The van der Waals surface area contributed by atoms with Crippen LogP contribution < -0.4 is 5.69 Å². The van der Waals surface area contributed by atoms with E-state index in [1.54, 1.807) is 6.92 Å². The molecular formula is C8H10N2O3. The summed E-state index contributed by atoms with van der Waals surface area (Å²) in [7, 11) is 1.28. The van der Waals surface area contributed by atoms with E-state index in [0.29, 0.717) is 5.70 Å². The Kier molecular flexibility index (Phi) is 2.69. The molecule has 13 heavy (non-hydrogen) atoms. The number of nitrogens with zero attached hydrogens (tertiary/aromatic N) is 1. The van der Waals surface area contributed by atoms with Gasteiger partial charge in [-0.2, -0.15) is 0 Å². The minimum absolute atomic E-state index is 0.280. The molecule has 0 aliphatic rings. The van der Waals surface area contributed by atoms with Gasteiger partial charge in [-0.25, -0.2) is 9.59 Å². The molecule has 1 rings (SSSR count). The summed E-state index contributed by atoms with van der Waals surface area (Å²) in [6, 6.07) is 0. The van der Waals surface area contributed by atoms with Crippen LogP contribution in [-0.2, 0) is 9.53 Å². The molecule has 1 aromatic heterocycles. The number of carbonyl (C=O) groups is 1. The minimum Gasteiger partial charge on any atom is -0.466 e. The summed E-state index contributed by atoms with van der Waals surface area (Å²) in [4.78, 5) is 24.3. The van der Waals surface area contributed by atoms with Crippen LogP contribution in [0.3, 0.4) is 0 Å². The Morgan fingerprint density at radius 1 is 1.69 bits per heavy atom. The molecule has 0 saturated heterocycles. The molecule has 1 aromatic rings. The molecule has 1 heterocycles. The molecule has 0 bridgehead atoms. The molecule has 0 unspecified atom stereocenters. The van der Waals surface area contributed by atoms with Gasteiger partial charge in [0.05, 0.1) is 7.11 Å². The van der Waals surface area contributed by atoms with Crippen molar-refractivity contribution in [3.63, 3.8) is 0 Å². The Bertz CT molecular complexity index is 386. The zero-order valence-electron chi connectivity index (χ0n) is 7.40. The van der Waals surface area contributed by atoms with Crippen molar-refractivity contribution in [2.75, 3.05) is 7.11 Å². The molecule has 1 N–H and O–H groups in total. The number of allylic oxidation sites excluding steroid dienone is 1. The van der Waals surface area contributed by atoms with Gasteiger partial charge in [-0.1, -0.05) is 0 Å². The van der Waals surface area contributed by atoms with E-state index in [1.807, 2.05) is 0 Å². The van der Waals surface area contributed by atoms with Crippen LogP contribution in [0, 0.1) is 0 Å². The van der Waals surface area contributed by atoms with E-state index in [4.69, 9.17) is 0 Å². The lowest BCUT2D eigenvalue weighted by Crippen LogP contribution is -2.15. The van der Waals surface area contributed by atoms with Crippen molar-refractivity contribution in [3.8, 4) is 0 Å². The number of esters is 1. The summed E-state index contributed by atoms with van der Waals surface area (Å²) >= 11 is 0. The average molecular weight is 182 g/mol. The number of nitrogens with one attached hydrogen (secondary N) is 1. The van der Waals surface area contributed by atoms with E-state index >= 15 is 0 Å². The van der Waals surface area contributed by atoms with Crippen molar-refractivity contribution in [2.24, 2.45) is 0 Å². The van der Waals surface area contributed by atoms with Gasteiger partial charge < -0.3 is 9.72 Å². The fourth-order valence-electron chi connectivity index (χ4n) is 0.897. The van der Waals surface area contributed by atoms with Gasteiger partial charge in [0, 0.05) is 24.2 Å². The molecule has 0 aliphatic heterocycles. The van der Waals surface area contributed by atoms with E-state index in [1.165, 1.54) is 30.1 Å². The first-order chi connectivity index (χ1) is 6.15. The molecule has 0 aromatic carbocycles. The molecule has 0 fully saturated rings. The van der Waals surface area contributed by atoms with Crippen molar-refractivity contribution < 1.29 is 9.53 Å². The Morgan fingerprint density at radius 2 is 2.38 bits per heavy atom. The van der Waals surface area contributed by atoms with Crippen LogP contribution in [0.5, 0.6) is 0 Å². The topological polar surface area (TPSA) is 64.1 Å². The number of carbonyl (C=O) groups excluding carboxylic acids is 1. The molecule has 0 radical (unpaired) electrons. The van der Waals surface area contributed by atoms with Gasteiger partial charge in [-0.3, -0.25) is 4.57 Å². The monoisotopic (exact) mass is 182 g/mol. The van der Waals surface area contributed by atoms with Gasteiger partial charge in [-0.15, -0.1) is 0 Å². The van der Waals surface area contributed by atoms with Crippen LogP contribution in [0.1, 0.15) is 6.92 Å². The van der Waals surface area contributed by atoms with Crippen molar-refractivity contribution >= 4 is 11.7 Å². The lowest BCUT2D eigenvalue weighted by molar-refractivity contribution is -0.134. The van der Waals surface area contributed by atoms with Crippen LogP contribution in [-0.4, -0.2) is 22.6 Å². The number of hydrogen-bond donors (Lipinski definition) is 1. The normalized spacial score (nSPS) is 11.4. The highest BCUT2D eigenvalue weighted by Gasteiger charge is 2.00. The standard InChI is InChI=1S/C8H10N2O3/c1-6(5-7(11)13-2)10-4-3-9-8(10)12/h3-5H,1-2H3,(H,9,12)/b6-5+. The first kappa shape index (κ1) is 9.31. The van der Waals surface area contributed by atoms with Gasteiger partial charge >= 0.3 is 11.7 Å². The van der Waals surface area contributed by atoms with Crippen LogP contribution in [0.15, 0.2) is 23.3 Å². The highest BCUT2D eigenvalue weighted by atomic mass is 16.5. The van der Waals surface area contributed by atoms with E-state index in [0.717, 1.165) is 0 Å². The largest absolute Gasteiger partial charge is 0.466 e. The number of rotatable bonds is 2. The molecule has 0 saturated carbocycles. The number of aromatic nitrogens is 2. The molecule has 5 nitrogen and oxygen atoms in total. The van der Waals surface area contributed by atoms with Crippen LogP contribution in [0.25, 0.3) is 5.70 Å². The summed E-state index contributed by atoms with van der Waals surface area (Å²) in [5.41, 5.74) is 0.232. The minimum atomic E-state index is -0.481. The Morgan fingerprint density at radius 3 is 2.85 bits per heavy atom. The van der Waals surface area contributed by atoms with Gasteiger partial charge in [0.25, 0.3) is 0 Å². The summed E-state index contributed by atoms with van der Waals surface area (Å²) in [5, 5.41) is 0. The third kappa shape index (κ3) is 2.08. The highest BCUT2D eigenvalue weighted by molar-refractivity contribution is 5.87. The zero-order chi connectivity index (χ0) is 9.84. The number of H-pyrrole nitrogens is 1. The first-order valence-electron chi connectivity index (χ1n) is 3.68. The molecule has 0 spiro atoms. The predicted octanol–water partition coefficient (Wildman–Crippen LogP) is 0.210. The molecule has 0 atom stereocenters. The van der Waals surface area contributed by atoms with Gasteiger partial charge in [-0.05, 0) is 6.92 Å². The molecule has 5 heteroatoms. The van der Waals surface area contributed by atoms with Crippen molar-refractivity contribution in [3.05, 3.63) is 29.0 Å². The third-order valence-electron chi connectivity index (χ3n) is 1.56. The Hall–Kier alpha value is -1.78. The highest BCUT2D eigenvalue weighted by Crippen LogP contribution is 1.98. The maximum atomic E-state index is 11.0. The van der Waals surface area contributed by atoms with E-state index in [-0.39, 0.29) is 5.69 Å². The number of aromatic amines is 1. The van der Waals surface area contributed by atoms with Crippen molar-refractivity contribution in [1.82, 2.24) is 9.55 Å². The molecular weight excluding hydrogens is 172 g/mol. The lowest BCUT2D eigenvalue weighted by Gasteiger charge is -1.98. The van der Waals surface area contributed by atoms with Crippen molar-refractivity contribution in [1.29, 1.82) is 0 Å². The summed E-state index contributed by atoms with van der Waals surface area (Å²) in [6.07, 6.45) is 4.28. The Balaban J connectivity index is 2.98. The SMILES string of the molecule is COC(=O)/C=C(\C)n1cc[nH]c1=O. The summed E-state index contributed by atoms with van der Waals surface area (Å²) in [5.74, 6) is -0.481. The first-order valence-corrected chi connectivity index (χ1v) is 3.68. The third-order valence-corrected chi connectivity index (χ3v) is 1.56. The zero-order valence-corrected chi connectivity index (χ0v) is 7.40. The van der Waals surface area contributed by atoms with Gasteiger partial charge in [0.2, 0.25) is 0 Å². The van der Waals surface area contributed by atoms with E-state index < -0.39 is 5.97 Å². The molecule has 0 amide bonds. The van der Waals surface area contributed by atoms with Crippen LogP contribution in [0.2, 0.25) is 0 Å². The van der Waals surface area contributed by atoms with Crippen molar-refractivity contribution in [2.45, 2.75) is 6.92 Å². The van der Waals surface area contributed by atoms with Gasteiger partial charge in [0.1, 0.15) is 0 Å². The summed E-state index contributed by atoms with van der Waals surface area (Å²) < 4.78 is 5.73. The average Bonchev–Trinajstić information content (AvgIpc) is 2.51. The molecule has 70 valence electrons. The van der Waals surface area contributed by atoms with E-state index in [9.17, 15) is 9.59 Å². The predicted molar refractivity (Wildman–Crippen MR) is 47.0 cm³/mol. The Labute approximate surface area is 74.6 Å². The second-order valence-electron chi connectivity index (χ2n) is 2.44. The number of methoxy groups -OCH3 is 1. The fraction of sp³-hybridized carbons (Fsp3) is 0.250. The van der Waals surface area contributed by atoms with E-state index in [2.05, 4.69) is 9.72 Å². The van der Waals surface area contributed by atoms with Crippen LogP contribution in [0.4, 0.5) is 0 Å². The quantitative estimate of drug-likeness (QED) is 0.525. The fourth-order valence-corrected chi connectivity index (χ4v) is 0.897. The number of ether oxygens (including phenoxy) is 1. The number of imidazole rings is 1. The smallest absolute Gasteiger partial charge is 0.332 e. The maximum Gasteiger partial charge on any atom is 0.332 e. The lowest BCUT2D eigenvalue weighted by atomic mass is 10.4.